The molecule has 4 aromatic rings. The molecule has 0 atom stereocenters. The Bertz CT molecular complexity index is 1510. The molecule has 9 heteroatoms. The Morgan fingerprint density at radius 2 is 1.68 bits per heavy atom. The highest BCUT2D eigenvalue weighted by atomic mass is 35.5. The number of carbonyl (C=O) groups excluding carboxylic acids is 1. The zero-order chi connectivity index (χ0) is 29.1. The van der Waals surface area contributed by atoms with E-state index in [-0.39, 0.29) is 12.1 Å². The Hall–Kier alpha value is -4.17. The summed E-state index contributed by atoms with van der Waals surface area (Å²) in [6.07, 6.45) is 1.78. The molecular formula is C32H35ClN4O4. The maximum Gasteiger partial charge on any atom is 0.410 e. The second-order valence-corrected chi connectivity index (χ2v) is 11.5. The quantitative estimate of drug-likeness (QED) is 0.210. The number of hydrogen-bond acceptors (Lipinski definition) is 6. The number of nitrogens with zero attached hydrogens (tertiary/aromatic N) is 2. The van der Waals surface area contributed by atoms with Gasteiger partial charge in [0.1, 0.15) is 17.1 Å². The number of methoxy groups -OCH3 is 2. The van der Waals surface area contributed by atoms with Crippen molar-refractivity contribution in [1.29, 1.82) is 0 Å². The van der Waals surface area contributed by atoms with Gasteiger partial charge in [0.15, 0.2) is 5.82 Å². The Morgan fingerprint density at radius 3 is 2.29 bits per heavy atom. The fraction of sp³-hybridized carbons (Fsp3) is 0.312. The zero-order valence-corrected chi connectivity index (χ0v) is 24.7. The van der Waals surface area contributed by atoms with Crippen LogP contribution in [0.25, 0.3) is 22.4 Å². The Morgan fingerprint density at radius 1 is 1.00 bits per heavy atom. The van der Waals surface area contributed by atoms with Crippen LogP contribution in [0.1, 0.15) is 39.2 Å². The van der Waals surface area contributed by atoms with Crippen molar-refractivity contribution in [2.45, 2.75) is 51.8 Å². The number of anilines is 2. The molecule has 1 heterocycles. The first-order valence-corrected chi connectivity index (χ1v) is 13.9. The van der Waals surface area contributed by atoms with Gasteiger partial charge in [0.25, 0.3) is 0 Å². The molecule has 214 valence electrons. The van der Waals surface area contributed by atoms with Crippen LogP contribution in [0, 0.1) is 0 Å². The molecule has 0 bridgehead atoms. The minimum atomic E-state index is -0.514. The first kappa shape index (κ1) is 28.4. The van der Waals surface area contributed by atoms with Crippen LogP contribution in [0.4, 0.5) is 16.3 Å². The van der Waals surface area contributed by atoms with E-state index < -0.39 is 5.60 Å². The number of H-pyrrole nitrogens is 1. The van der Waals surface area contributed by atoms with Gasteiger partial charge in [-0.05, 0) is 68.5 Å². The molecule has 1 amide bonds. The third kappa shape index (κ3) is 6.95. The van der Waals surface area contributed by atoms with Gasteiger partial charge in [0.2, 0.25) is 0 Å². The predicted octanol–water partition coefficient (Wildman–Crippen LogP) is 8.06. The van der Waals surface area contributed by atoms with E-state index in [1.54, 1.807) is 20.3 Å². The van der Waals surface area contributed by atoms with E-state index in [0.717, 1.165) is 46.5 Å². The monoisotopic (exact) mass is 574 g/mol. The topological polar surface area (TPSA) is 88.7 Å². The van der Waals surface area contributed by atoms with Crippen LogP contribution in [-0.4, -0.2) is 47.1 Å². The number of amides is 1. The SMILES string of the molecule is COc1cc(Cl)c(-c2ccc(-c3cc(Nc4ccc(CN(C(=O)OC(C)(C)C)C5CC5)cc4)n[nH]3)cc2)c(OC)c1. The molecule has 2 N–H and O–H groups in total. The standard InChI is InChI=1S/C32H35ClN4O4/c1-32(2,3)41-31(38)37(24-14-15-24)19-20-6-12-23(13-7-20)34-29-18-27(35-36-29)21-8-10-22(11-9-21)30-26(33)16-25(39-4)17-28(30)40-5/h6-13,16-18,24H,14-15,19H2,1-5H3,(H2,34,35,36). The first-order valence-electron chi connectivity index (χ1n) is 13.6. The molecule has 1 saturated carbocycles. The average molecular weight is 575 g/mol. The lowest BCUT2D eigenvalue weighted by Crippen LogP contribution is -2.37. The Balaban J connectivity index is 1.24. The molecule has 41 heavy (non-hydrogen) atoms. The smallest absolute Gasteiger partial charge is 0.410 e. The van der Waals surface area contributed by atoms with Crippen molar-refractivity contribution in [3.8, 4) is 33.9 Å². The number of benzene rings is 3. The van der Waals surface area contributed by atoms with Gasteiger partial charge >= 0.3 is 6.09 Å². The van der Waals surface area contributed by atoms with Crippen LogP contribution in [0.5, 0.6) is 11.5 Å². The van der Waals surface area contributed by atoms with E-state index in [4.69, 9.17) is 25.8 Å². The van der Waals surface area contributed by atoms with Gasteiger partial charge < -0.3 is 24.4 Å². The third-order valence-corrected chi connectivity index (χ3v) is 7.04. The van der Waals surface area contributed by atoms with Crippen LogP contribution in [0.2, 0.25) is 5.02 Å². The van der Waals surface area contributed by atoms with Gasteiger partial charge in [0.05, 0.1) is 24.9 Å². The van der Waals surface area contributed by atoms with Crippen molar-refractivity contribution in [2.75, 3.05) is 19.5 Å². The van der Waals surface area contributed by atoms with Crippen molar-refractivity contribution in [3.63, 3.8) is 0 Å². The largest absolute Gasteiger partial charge is 0.497 e. The normalized spacial score (nSPS) is 13.0. The number of aromatic amines is 1. The average Bonchev–Trinajstić information content (AvgIpc) is 3.68. The fourth-order valence-corrected chi connectivity index (χ4v) is 4.86. The van der Waals surface area contributed by atoms with E-state index in [0.29, 0.717) is 28.9 Å². The first-order chi connectivity index (χ1) is 19.6. The molecule has 1 aliphatic carbocycles. The lowest BCUT2D eigenvalue weighted by molar-refractivity contribution is 0.0216. The second-order valence-electron chi connectivity index (χ2n) is 11.1. The molecule has 0 spiro atoms. The minimum absolute atomic E-state index is 0.259. The number of nitrogens with one attached hydrogen (secondary N) is 2. The maximum atomic E-state index is 12.7. The van der Waals surface area contributed by atoms with Gasteiger partial charge in [-0.2, -0.15) is 5.10 Å². The zero-order valence-electron chi connectivity index (χ0n) is 24.0. The number of halogens is 1. The van der Waals surface area contributed by atoms with E-state index >= 15 is 0 Å². The van der Waals surface area contributed by atoms with Crippen molar-refractivity contribution in [2.24, 2.45) is 0 Å². The predicted molar refractivity (Wildman–Crippen MR) is 162 cm³/mol. The van der Waals surface area contributed by atoms with Crippen LogP contribution in [0.15, 0.2) is 66.7 Å². The van der Waals surface area contributed by atoms with Crippen LogP contribution in [-0.2, 0) is 11.3 Å². The fourth-order valence-electron chi connectivity index (χ4n) is 4.55. The molecule has 3 aromatic carbocycles. The number of ether oxygens (including phenoxy) is 3. The molecule has 0 radical (unpaired) electrons. The summed E-state index contributed by atoms with van der Waals surface area (Å²) < 4.78 is 16.5. The van der Waals surface area contributed by atoms with Crippen molar-refractivity contribution < 1.29 is 19.0 Å². The minimum Gasteiger partial charge on any atom is -0.497 e. The summed E-state index contributed by atoms with van der Waals surface area (Å²) >= 11 is 6.54. The Kier molecular flexibility index (Phi) is 8.13. The highest BCUT2D eigenvalue weighted by molar-refractivity contribution is 6.34. The molecule has 1 aliphatic rings. The van der Waals surface area contributed by atoms with Crippen LogP contribution >= 0.6 is 11.6 Å². The summed E-state index contributed by atoms with van der Waals surface area (Å²) in [5.74, 6) is 1.98. The molecule has 0 aliphatic heterocycles. The number of rotatable bonds is 9. The summed E-state index contributed by atoms with van der Waals surface area (Å²) in [5.41, 5.74) is 5.03. The van der Waals surface area contributed by atoms with Gasteiger partial charge in [0, 0.05) is 36.0 Å². The second kappa shape index (κ2) is 11.7. The van der Waals surface area contributed by atoms with Crippen molar-refractivity contribution >= 4 is 29.2 Å². The van der Waals surface area contributed by atoms with Crippen molar-refractivity contribution in [1.82, 2.24) is 15.1 Å². The van der Waals surface area contributed by atoms with E-state index in [1.165, 1.54) is 0 Å². The highest BCUT2D eigenvalue weighted by Gasteiger charge is 2.35. The van der Waals surface area contributed by atoms with Gasteiger partial charge in [-0.3, -0.25) is 5.10 Å². The van der Waals surface area contributed by atoms with Gasteiger partial charge in [-0.1, -0.05) is 48.0 Å². The molecule has 5 rings (SSSR count). The summed E-state index contributed by atoms with van der Waals surface area (Å²) in [6, 6.07) is 21.9. The van der Waals surface area contributed by atoms with E-state index in [9.17, 15) is 4.79 Å². The summed E-state index contributed by atoms with van der Waals surface area (Å²) in [4.78, 5) is 14.5. The van der Waals surface area contributed by atoms with Gasteiger partial charge in [-0.15, -0.1) is 0 Å². The molecular weight excluding hydrogens is 540 g/mol. The lowest BCUT2D eigenvalue weighted by atomic mass is 10.0. The lowest BCUT2D eigenvalue weighted by Gasteiger charge is -2.27. The van der Waals surface area contributed by atoms with Crippen molar-refractivity contribution in [3.05, 3.63) is 77.3 Å². The number of hydrogen-bond donors (Lipinski definition) is 2. The molecule has 1 aromatic heterocycles. The number of carbonyl (C=O) groups is 1. The maximum absolute atomic E-state index is 12.7. The summed E-state index contributed by atoms with van der Waals surface area (Å²) in [5, 5.41) is 11.4. The summed E-state index contributed by atoms with van der Waals surface area (Å²) in [6.45, 7) is 6.20. The highest BCUT2D eigenvalue weighted by Crippen LogP contribution is 2.40. The number of aromatic nitrogens is 2. The van der Waals surface area contributed by atoms with Crippen LogP contribution < -0.4 is 14.8 Å². The van der Waals surface area contributed by atoms with Gasteiger partial charge in [-0.25, -0.2) is 4.79 Å². The third-order valence-electron chi connectivity index (χ3n) is 6.74. The van der Waals surface area contributed by atoms with Crippen LogP contribution in [0.3, 0.4) is 0 Å². The molecule has 8 nitrogen and oxygen atoms in total. The molecule has 0 unspecified atom stereocenters. The summed E-state index contributed by atoms with van der Waals surface area (Å²) in [7, 11) is 3.21. The molecule has 1 fully saturated rings. The Labute approximate surface area is 245 Å². The molecule has 0 saturated heterocycles. The van der Waals surface area contributed by atoms with E-state index in [2.05, 4.69) is 15.5 Å². The van der Waals surface area contributed by atoms with E-state index in [1.807, 2.05) is 86.3 Å².